The molecule has 1 aromatic carbocycles. The van der Waals surface area contributed by atoms with Crippen molar-refractivity contribution in [1.82, 2.24) is 0 Å². The molecule has 4 heteroatoms. The Bertz CT molecular complexity index is 412. The van der Waals surface area contributed by atoms with E-state index < -0.39 is 0 Å². The molecule has 1 unspecified atom stereocenters. The molecule has 84 valence electrons. The standard InChI is InChI=1S/C12H14N2O2/c13-7-9-3-1-5-11-12(9)16-8-10(14-11)4-2-6-15/h1,3,5,10,14-15H,2,4,6,8H2. The molecule has 0 aliphatic carbocycles. The Hall–Kier alpha value is -1.73. The van der Waals surface area contributed by atoms with Crippen LogP contribution in [0.4, 0.5) is 5.69 Å². The summed E-state index contributed by atoms with van der Waals surface area (Å²) in [5, 5.41) is 21.0. The first-order chi connectivity index (χ1) is 7.85. The Morgan fingerprint density at radius 2 is 2.44 bits per heavy atom. The summed E-state index contributed by atoms with van der Waals surface area (Å²) >= 11 is 0. The molecule has 2 rings (SSSR count). The van der Waals surface area contributed by atoms with Gasteiger partial charge < -0.3 is 15.2 Å². The number of benzene rings is 1. The fourth-order valence-electron chi connectivity index (χ4n) is 1.83. The lowest BCUT2D eigenvalue weighted by molar-refractivity contribution is 0.249. The monoisotopic (exact) mass is 218 g/mol. The van der Waals surface area contributed by atoms with Crippen LogP contribution < -0.4 is 10.1 Å². The quantitative estimate of drug-likeness (QED) is 0.807. The predicted octanol–water partition coefficient (Wildman–Crippen LogP) is 1.50. The van der Waals surface area contributed by atoms with E-state index >= 15 is 0 Å². The number of hydrogen-bond acceptors (Lipinski definition) is 4. The highest BCUT2D eigenvalue weighted by molar-refractivity contribution is 5.65. The van der Waals surface area contributed by atoms with E-state index in [2.05, 4.69) is 11.4 Å². The molecule has 0 saturated heterocycles. The molecule has 1 atom stereocenters. The molecule has 0 fully saturated rings. The van der Waals surface area contributed by atoms with Crippen LogP contribution in [0, 0.1) is 11.3 Å². The molecule has 0 bridgehead atoms. The summed E-state index contributed by atoms with van der Waals surface area (Å²) in [5.74, 6) is 0.644. The van der Waals surface area contributed by atoms with E-state index in [9.17, 15) is 0 Å². The smallest absolute Gasteiger partial charge is 0.160 e. The van der Waals surface area contributed by atoms with Gasteiger partial charge in [0.05, 0.1) is 17.3 Å². The number of aliphatic hydroxyl groups excluding tert-OH is 1. The van der Waals surface area contributed by atoms with Gasteiger partial charge in [0.2, 0.25) is 0 Å². The van der Waals surface area contributed by atoms with Crippen LogP contribution in [0.15, 0.2) is 18.2 Å². The Morgan fingerprint density at radius 1 is 1.56 bits per heavy atom. The third kappa shape index (κ3) is 2.10. The lowest BCUT2D eigenvalue weighted by Gasteiger charge is -2.27. The van der Waals surface area contributed by atoms with Crippen molar-refractivity contribution in [3.05, 3.63) is 23.8 Å². The highest BCUT2D eigenvalue weighted by atomic mass is 16.5. The van der Waals surface area contributed by atoms with Crippen molar-refractivity contribution in [3.8, 4) is 11.8 Å². The second kappa shape index (κ2) is 4.86. The van der Waals surface area contributed by atoms with Crippen LogP contribution in [-0.2, 0) is 0 Å². The summed E-state index contributed by atoms with van der Waals surface area (Å²) in [4.78, 5) is 0. The normalized spacial score (nSPS) is 17.9. The molecule has 16 heavy (non-hydrogen) atoms. The molecule has 0 amide bonds. The van der Waals surface area contributed by atoms with E-state index in [1.54, 1.807) is 6.07 Å². The second-order valence-corrected chi connectivity index (χ2v) is 3.81. The Balaban J connectivity index is 2.13. The minimum absolute atomic E-state index is 0.198. The predicted molar refractivity (Wildman–Crippen MR) is 60.4 cm³/mol. The van der Waals surface area contributed by atoms with Gasteiger partial charge in [0, 0.05) is 6.61 Å². The molecular weight excluding hydrogens is 204 g/mol. The van der Waals surface area contributed by atoms with E-state index in [1.807, 2.05) is 12.1 Å². The van der Waals surface area contributed by atoms with Gasteiger partial charge in [0.25, 0.3) is 0 Å². The van der Waals surface area contributed by atoms with Crippen molar-refractivity contribution in [1.29, 1.82) is 5.26 Å². The number of aliphatic hydroxyl groups is 1. The Morgan fingerprint density at radius 3 is 3.19 bits per heavy atom. The topological polar surface area (TPSA) is 65.3 Å². The van der Waals surface area contributed by atoms with Gasteiger partial charge in [0.1, 0.15) is 12.7 Å². The van der Waals surface area contributed by atoms with Crippen LogP contribution >= 0.6 is 0 Å². The number of hydrogen-bond donors (Lipinski definition) is 2. The molecule has 0 aromatic heterocycles. The van der Waals surface area contributed by atoms with E-state index in [4.69, 9.17) is 15.1 Å². The van der Waals surface area contributed by atoms with Crippen LogP contribution in [0.2, 0.25) is 0 Å². The number of ether oxygens (including phenoxy) is 1. The van der Waals surface area contributed by atoms with Crippen molar-refractivity contribution in [2.75, 3.05) is 18.5 Å². The van der Waals surface area contributed by atoms with E-state index in [0.717, 1.165) is 18.5 Å². The Labute approximate surface area is 94.5 Å². The van der Waals surface area contributed by atoms with E-state index in [-0.39, 0.29) is 12.6 Å². The third-order valence-electron chi connectivity index (χ3n) is 2.63. The number of para-hydroxylation sites is 1. The number of fused-ring (bicyclic) bond motifs is 1. The molecule has 0 saturated carbocycles. The van der Waals surface area contributed by atoms with Crippen LogP contribution in [0.3, 0.4) is 0 Å². The first kappa shape index (κ1) is 10.8. The first-order valence-electron chi connectivity index (χ1n) is 5.38. The molecule has 1 aliphatic heterocycles. The summed E-state index contributed by atoms with van der Waals surface area (Å²) < 4.78 is 5.59. The number of nitrogens with one attached hydrogen (secondary N) is 1. The summed E-state index contributed by atoms with van der Waals surface area (Å²) in [5.41, 5.74) is 1.43. The minimum Gasteiger partial charge on any atom is -0.488 e. The zero-order chi connectivity index (χ0) is 11.4. The van der Waals surface area contributed by atoms with E-state index in [0.29, 0.717) is 17.9 Å². The number of nitrogens with zero attached hydrogens (tertiary/aromatic N) is 1. The molecule has 4 nitrogen and oxygen atoms in total. The largest absolute Gasteiger partial charge is 0.488 e. The van der Waals surface area contributed by atoms with Gasteiger partial charge in [-0.25, -0.2) is 0 Å². The van der Waals surface area contributed by atoms with Gasteiger partial charge in [0.15, 0.2) is 5.75 Å². The maximum atomic E-state index is 8.91. The molecule has 1 heterocycles. The van der Waals surface area contributed by atoms with E-state index in [1.165, 1.54) is 0 Å². The zero-order valence-corrected chi connectivity index (χ0v) is 8.94. The van der Waals surface area contributed by atoms with Crippen LogP contribution in [0.25, 0.3) is 0 Å². The van der Waals surface area contributed by atoms with Gasteiger partial charge in [-0.2, -0.15) is 5.26 Å². The summed E-state index contributed by atoms with van der Waals surface area (Å²) in [6.07, 6.45) is 1.63. The maximum absolute atomic E-state index is 8.91. The fraction of sp³-hybridized carbons (Fsp3) is 0.417. The van der Waals surface area contributed by atoms with Crippen molar-refractivity contribution in [3.63, 3.8) is 0 Å². The molecule has 1 aliphatic rings. The average Bonchev–Trinajstić information content (AvgIpc) is 2.35. The minimum atomic E-state index is 0.198. The third-order valence-corrected chi connectivity index (χ3v) is 2.63. The van der Waals surface area contributed by atoms with Crippen LogP contribution in [0.5, 0.6) is 5.75 Å². The SMILES string of the molecule is N#Cc1cccc2c1OCC(CCCO)N2. The van der Waals surface area contributed by atoms with Crippen molar-refractivity contribution in [2.45, 2.75) is 18.9 Å². The van der Waals surface area contributed by atoms with Crippen molar-refractivity contribution < 1.29 is 9.84 Å². The van der Waals surface area contributed by atoms with Gasteiger partial charge in [-0.15, -0.1) is 0 Å². The van der Waals surface area contributed by atoms with Gasteiger partial charge in [-0.1, -0.05) is 6.07 Å². The summed E-state index contributed by atoms with van der Waals surface area (Å²) in [7, 11) is 0. The molecule has 1 aromatic rings. The number of rotatable bonds is 3. The van der Waals surface area contributed by atoms with Crippen LogP contribution in [0.1, 0.15) is 18.4 Å². The number of nitriles is 1. The van der Waals surface area contributed by atoms with Gasteiger partial charge in [-0.3, -0.25) is 0 Å². The number of anilines is 1. The van der Waals surface area contributed by atoms with Crippen molar-refractivity contribution in [2.24, 2.45) is 0 Å². The van der Waals surface area contributed by atoms with Gasteiger partial charge >= 0.3 is 0 Å². The average molecular weight is 218 g/mol. The summed E-state index contributed by atoms with van der Waals surface area (Å²) in [6.45, 7) is 0.745. The fourth-order valence-corrected chi connectivity index (χ4v) is 1.83. The van der Waals surface area contributed by atoms with Gasteiger partial charge in [-0.05, 0) is 25.0 Å². The van der Waals surface area contributed by atoms with Crippen LogP contribution in [-0.4, -0.2) is 24.4 Å². The first-order valence-corrected chi connectivity index (χ1v) is 5.38. The highest BCUT2D eigenvalue weighted by Gasteiger charge is 2.20. The highest BCUT2D eigenvalue weighted by Crippen LogP contribution is 2.32. The Kier molecular flexibility index (Phi) is 3.28. The summed E-state index contributed by atoms with van der Waals surface area (Å²) in [6, 6.07) is 7.81. The molecule has 0 radical (unpaired) electrons. The molecular formula is C12H14N2O2. The second-order valence-electron chi connectivity index (χ2n) is 3.81. The zero-order valence-electron chi connectivity index (χ0n) is 8.94. The lowest BCUT2D eigenvalue weighted by atomic mass is 10.1. The molecule has 0 spiro atoms. The van der Waals surface area contributed by atoms with Crippen molar-refractivity contribution >= 4 is 5.69 Å². The maximum Gasteiger partial charge on any atom is 0.160 e. The molecule has 2 N–H and O–H groups in total. The lowest BCUT2D eigenvalue weighted by Crippen LogP contribution is -2.31.